The standard InChI is InChI=1S/C23H32N2O4/c24-21(27)16-6-5-14-12-17-18(25-13-15-4-3-11-29-15)7-10-22(19(14)20(16)26)8-1-2-9-23(17,22)28/h5-6,15,17-18,25-26,28H,1-4,7-13H2,(H2,24,27)/t15?,17-,18?,22-,23+/m0/s1. The van der Waals surface area contributed by atoms with Crippen molar-refractivity contribution in [3.63, 3.8) is 0 Å². The van der Waals surface area contributed by atoms with Crippen LogP contribution < -0.4 is 11.1 Å². The van der Waals surface area contributed by atoms with Crippen LogP contribution >= 0.6 is 0 Å². The van der Waals surface area contributed by atoms with E-state index in [2.05, 4.69) is 5.32 Å². The highest BCUT2D eigenvalue weighted by Gasteiger charge is 2.64. The molecule has 29 heavy (non-hydrogen) atoms. The summed E-state index contributed by atoms with van der Waals surface area (Å²) in [6.07, 6.45) is 8.61. The van der Waals surface area contributed by atoms with Crippen molar-refractivity contribution in [3.05, 3.63) is 28.8 Å². The highest BCUT2D eigenvalue weighted by atomic mass is 16.5. The van der Waals surface area contributed by atoms with Crippen LogP contribution in [0.3, 0.4) is 0 Å². The Morgan fingerprint density at radius 3 is 2.79 bits per heavy atom. The van der Waals surface area contributed by atoms with Crippen LogP contribution in [0.4, 0.5) is 0 Å². The van der Waals surface area contributed by atoms with E-state index < -0.39 is 16.9 Å². The summed E-state index contributed by atoms with van der Waals surface area (Å²) in [6, 6.07) is 3.83. The van der Waals surface area contributed by atoms with Crippen molar-refractivity contribution in [3.8, 4) is 5.75 Å². The van der Waals surface area contributed by atoms with Crippen molar-refractivity contribution in [2.75, 3.05) is 13.2 Å². The fraction of sp³-hybridized carbons (Fsp3) is 0.696. The van der Waals surface area contributed by atoms with E-state index in [1.807, 2.05) is 6.07 Å². The Morgan fingerprint density at radius 1 is 1.21 bits per heavy atom. The Balaban J connectivity index is 1.54. The number of phenols is 1. The lowest BCUT2D eigenvalue weighted by atomic mass is 9.45. The van der Waals surface area contributed by atoms with E-state index in [0.717, 1.165) is 75.6 Å². The Morgan fingerprint density at radius 2 is 2.03 bits per heavy atom. The lowest BCUT2D eigenvalue weighted by Crippen LogP contribution is -2.69. The van der Waals surface area contributed by atoms with Gasteiger partial charge in [0.15, 0.2) is 0 Å². The number of benzene rings is 1. The summed E-state index contributed by atoms with van der Waals surface area (Å²) in [5.41, 5.74) is 6.19. The number of aliphatic hydroxyl groups is 1. The summed E-state index contributed by atoms with van der Waals surface area (Å²) in [4.78, 5) is 11.9. The predicted molar refractivity (Wildman–Crippen MR) is 109 cm³/mol. The van der Waals surface area contributed by atoms with Gasteiger partial charge in [0.05, 0.1) is 17.3 Å². The van der Waals surface area contributed by atoms with Crippen LogP contribution in [0.15, 0.2) is 12.1 Å². The number of nitrogens with two attached hydrogens (primary N) is 1. The average molecular weight is 401 g/mol. The van der Waals surface area contributed by atoms with E-state index in [0.29, 0.717) is 6.42 Å². The van der Waals surface area contributed by atoms with Gasteiger partial charge in [-0.3, -0.25) is 4.79 Å². The summed E-state index contributed by atoms with van der Waals surface area (Å²) >= 11 is 0. The van der Waals surface area contributed by atoms with Gasteiger partial charge in [0.1, 0.15) is 5.75 Å². The van der Waals surface area contributed by atoms with E-state index in [1.165, 1.54) is 0 Å². The minimum atomic E-state index is -0.863. The number of amides is 1. The summed E-state index contributed by atoms with van der Waals surface area (Å²) in [5.74, 6) is -0.515. The molecule has 2 saturated carbocycles. The molecule has 2 unspecified atom stereocenters. The highest BCUT2D eigenvalue weighted by Crippen LogP contribution is 2.62. The Bertz CT molecular complexity index is 821. The molecule has 1 aromatic rings. The van der Waals surface area contributed by atoms with Crippen LogP contribution in [-0.4, -0.2) is 47.0 Å². The first kappa shape index (κ1) is 19.3. The number of fused-ring (bicyclic) bond motifs is 1. The fourth-order valence-corrected chi connectivity index (χ4v) is 6.98. The summed E-state index contributed by atoms with van der Waals surface area (Å²) in [7, 11) is 0. The molecule has 2 bridgehead atoms. The molecule has 0 aromatic heterocycles. The smallest absolute Gasteiger partial charge is 0.252 e. The lowest BCUT2D eigenvalue weighted by Gasteiger charge is -2.63. The van der Waals surface area contributed by atoms with Gasteiger partial charge in [-0.25, -0.2) is 0 Å². The average Bonchev–Trinajstić information content (AvgIpc) is 3.20. The zero-order valence-electron chi connectivity index (χ0n) is 17.0. The second kappa shape index (κ2) is 6.96. The van der Waals surface area contributed by atoms with Gasteiger partial charge in [0.2, 0.25) is 0 Å². The van der Waals surface area contributed by atoms with Gasteiger partial charge in [-0.2, -0.15) is 0 Å². The Labute approximate surface area is 171 Å². The first-order valence-corrected chi connectivity index (χ1v) is 11.2. The van der Waals surface area contributed by atoms with Crippen molar-refractivity contribution in [2.24, 2.45) is 11.7 Å². The number of carbonyl (C=O) groups excluding carboxylic acids is 1. The number of hydrogen-bond acceptors (Lipinski definition) is 5. The van der Waals surface area contributed by atoms with Crippen LogP contribution in [0.2, 0.25) is 0 Å². The first-order valence-electron chi connectivity index (χ1n) is 11.2. The molecule has 1 amide bonds. The predicted octanol–water partition coefficient (Wildman–Crippen LogP) is 2.14. The third kappa shape index (κ3) is 2.76. The van der Waals surface area contributed by atoms with E-state index >= 15 is 0 Å². The molecule has 1 aromatic carbocycles. The minimum absolute atomic E-state index is 0.000426. The third-order valence-corrected chi connectivity index (χ3v) is 8.30. The monoisotopic (exact) mass is 400 g/mol. The molecule has 6 heteroatoms. The maximum absolute atomic E-state index is 12.1. The van der Waals surface area contributed by atoms with Gasteiger partial charge in [0, 0.05) is 36.1 Å². The number of rotatable bonds is 4. The second-order valence-electron chi connectivity index (χ2n) is 9.57. The maximum Gasteiger partial charge on any atom is 0.252 e. The number of nitrogens with one attached hydrogen (secondary N) is 1. The fourth-order valence-electron chi connectivity index (χ4n) is 6.98. The molecule has 5 N–H and O–H groups in total. The van der Waals surface area contributed by atoms with Crippen molar-refractivity contribution in [2.45, 2.75) is 80.9 Å². The number of primary amides is 1. The molecule has 6 nitrogen and oxygen atoms in total. The molecule has 1 saturated heterocycles. The summed E-state index contributed by atoms with van der Waals surface area (Å²) < 4.78 is 5.78. The molecule has 158 valence electrons. The van der Waals surface area contributed by atoms with Crippen LogP contribution in [0.25, 0.3) is 0 Å². The van der Waals surface area contributed by atoms with Crippen LogP contribution in [0, 0.1) is 5.92 Å². The second-order valence-corrected chi connectivity index (χ2v) is 9.57. The molecule has 5 rings (SSSR count). The van der Waals surface area contributed by atoms with Crippen molar-refractivity contribution >= 4 is 5.91 Å². The van der Waals surface area contributed by atoms with Crippen LogP contribution in [0.5, 0.6) is 5.75 Å². The molecule has 0 spiro atoms. The van der Waals surface area contributed by atoms with Gasteiger partial charge >= 0.3 is 0 Å². The number of aromatic hydroxyl groups is 1. The largest absolute Gasteiger partial charge is 0.507 e. The SMILES string of the molecule is NC(=O)c1ccc2c(c1O)[C@@]13CCCC[C@@]1(O)[C@@H](C2)C(NCC1CCCO1)CC3. The van der Waals surface area contributed by atoms with E-state index in [1.54, 1.807) is 6.07 Å². The van der Waals surface area contributed by atoms with E-state index in [-0.39, 0.29) is 29.4 Å². The van der Waals surface area contributed by atoms with Crippen molar-refractivity contribution in [1.29, 1.82) is 0 Å². The first-order chi connectivity index (χ1) is 14.0. The zero-order valence-corrected chi connectivity index (χ0v) is 17.0. The number of ether oxygens (including phenoxy) is 1. The number of hydrogen-bond donors (Lipinski definition) is 4. The zero-order chi connectivity index (χ0) is 20.2. The Kier molecular flexibility index (Phi) is 4.64. The Hall–Kier alpha value is -1.63. The van der Waals surface area contributed by atoms with Crippen LogP contribution in [0.1, 0.15) is 72.9 Å². The third-order valence-electron chi connectivity index (χ3n) is 8.30. The molecule has 0 radical (unpaired) electrons. The van der Waals surface area contributed by atoms with Gasteiger partial charge < -0.3 is 26.0 Å². The number of carbonyl (C=O) groups is 1. The molecule has 3 fully saturated rings. The normalized spacial score (nSPS) is 38.3. The minimum Gasteiger partial charge on any atom is -0.507 e. The molecular formula is C23H32N2O4. The van der Waals surface area contributed by atoms with Gasteiger partial charge in [-0.05, 0) is 56.6 Å². The molecule has 5 atom stereocenters. The lowest BCUT2D eigenvalue weighted by molar-refractivity contribution is -0.156. The maximum atomic E-state index is 12.1. The molecule has 4 aliphatic rings. The van der Waals surface area contributed by atoms with Crippen molar-refractivity contribution in [1.82, 2.24) is 5.32 Å². The highest BCUT2D eigenvalue weighted by molar-refractivity contribution is 5.96. The quantitative estimate of drug-likeness (QED) is 0.620. The molecular weight excluding hydrogens is 368 g/mol. The van der Waals surface area contributed by atoms with Gasteiger partial charge in [0.25, 0.3) is 5.91 Å². The van der Waals surface area contributed by atoms with Gasteiger partial charge in [-0.1, -0.05) is 18.9 Å². The molecule has 3 aliphatic carbocycles. The summed E-state index contributed by atoms with van der Waals surface area (Å²) in [6.45, 7) is 1.69. The molecule has 1 aliphatic heterocycles. The van der Waals surface area contributed by atoms with E-state index in [9.17, 15) is 15.0 Å². The van der Waals surface area contributed by atoms with Crippen molar-refractivity contribution < 1.29 is 19.7 Å². The van der Waals surface area contributed by atoms with Crippen LogP contribution in [-0.2, 0) is 16.6 Å². The van der Waals surface area contributed by atoms with Gasteiger partial charge in [-0.15, -0.1) is 0 Å². The molecule has 1 heterocycles. The van der Waals surface area contributed by atoms with E-state index in [4.69, 9.17) is 10.5 Å². The topological polar surface area (TPSA) is 105 Å². The summed E-state index contributed by atoms with van der Waals surface area (Å²) in [5, 5.41) is 26.9.